The molecule has 66 heavy (non-hydrogen) atoms. The van der Waals surface area contributed by atoms with E-state index in [0.29, 0.717) is 11.1 Å². The molecule has 0 spiro atoms. The van der Waals surface area contributed by atoms with Gasteiger partial charge in [-0.25, -0.2) is 0 Å². The monoisotopic (exact) mass is 844 g/mol. The summed E-state index contributed by atoms with van der Waals surface area (Å²) >= 11 is 0. The maximum absolute atomic E-state index is 9.42. The van der Waals surface area contributed by atoms with Gasteiger partial charge in [0, 0.05) is 68.1 Å². The van der Waals surface area contributed by atoms with E-state index < -0.39 is 0 Å². The van der Waals surface area contributed by atoms with Crippen LogP contribution in [-0.2, 0) is 0 Å². The lowest BCUT2D eigenvalue weighted by Gasteiger charge is -2.21. The average Bonchev–Trinajstić information content (AvgIpc) is 3.90. The number of rotatable bonds is 10. The summed E-state index contributed by atoms with van der Waals surface area (Å²) in [6.07, 6.45) is 8.50. The van der Waals surface area contributed by atoms with Gasteiger partial charge in [-0.3, -0.25) is 0 Å². The molecule has 0 aliphatic rings. The largest absolute Gasteiger partial charge is 0.317 e. The summed E-state index contributed by atoms with van der Waals surface area (Å²) in [6, 6.07) is 79.8. The van der Waals surface area contributed by atoms with Crippen LogP contribution in [0.2, 0.25) is 0 Å². The molecule has 0 amide bonds. The second-order valence-electron chi connectivity index (χ2n) is 16.1. The first-order chi connectivity index (χ1) is 32.6. The number of para-hydroxylation sites is 4. The number of nitriles is 2. The Morgan fingerprint density at radius 2 is 0.712 bits per heavy atom. The van der Waals surface area contributed by atoms with E-state index in [-0.39, 0.29) is 0 Å². The summed E-state index contributed by atoms with van der Waals surface area (Å²) in [7, 11) is 0. The quantitative estimate of drug-likeness (QED) is 0.138. The molecule has 0 unspecified atom stereocenters. The van der Waals surface area contributed by atoms with Gasteiger partial charge in [0.1, 0.15) is 0 Å². The summed E-state index contributed by atoms with van der Waals surface area (Å²) in [5.41, 5.74) is 14.1. The van der Waals surface area contributed by atoms with Gasteiger partial charge in [-0.15, -0.1) is 0 Å². The van der Waals surface area contributed by atoms with Gasteiger partial charge in [0.15, 0.2) is 0 Å². The Bertz CT molecular complexity index is 3470. The highest BCUT2D eigenvalue weighted by atomic mass is 15.1. The van der Waals surface area contributed by atoms with Crippen LogP contribution < -0.4 is 9.80 Å². The van der Waals surface area contributed by atoms with Gasteiger partial charge >= 0.3 is 0 Å². The van der Waals surface area contributed by atoms with E-state index in [1.807, 2.05) is 84.9 Å². The van der Waals surface area contributed by atoms with Crippen LogP contribution in [0.25, 0.3) is 67.1 Å². The van der Waals surface area contributed by atoms with E-state index in [9.17, 15) is 10.5 Å². The highest BCUT2D eigenvalue weighted by Gasteiger charge is 2.17. The molecule has 0 aliphatic carbocycles. The zero-order valence-corrected chi connectivity index (χ0v) is 35.8. The predicted octanol–water partition coefficient (Wildman–Crippen LogP) is 15.2. The molecule has 310 valence electrons. The van der Waals surface area contributed by atoms with E-state index in [2.05, 4.69) is 189 Å². The van der Waals surface area contributed by atoms with Crippen LogP contribution in [0.4, 0.5) is 22.7 Å². The molecule has 6 nitrogen and oxygen atoms in total. The minimum Gasteiger partial charge on any atom is -0.317 e. The maximum atomic E-state index is 9.42. The number of nitrogens with zero attached hydrogens (tertiary/aromatic N) is 6. The first kappa shape index (κ1) is 39.5. The van der Waals surface area contributed by atoms with Gasteiger partial charge in [0.05, 0.1) is 45.3 Å². The molecular weight excluding hydrogens is 805 g/mol. The van der Waals surface area contributed by atoms with Crippen molar-refractivity contribution < 1.29 is 0 Å². The van der Waals surface area contributed by atoms with E-state index in [4.69, 9.17) is 0 Å². The van der Waals surface area contributed by atoms with Crippen molar-refractivity contribution in [1.82, 2.24) is 9.13 Å². The lowest BCUT2D eigenvalue weighted by Crippen LogP contribution is -2.08. The molecule has 0 saturated heterocycles. The molecule has 2 heterocycles. The summed E-state index contributed by atoms with van der Waals surface area (Å²) in [6.45, 7) is 0. The summed E-state index contributed by atoms with van der Waals surface area (Å²) < 4.78 is 4.75. The van der Waals surface area contributed by atoms with Crippen molar-refractivity contribution >= 4 is 78.5 Å². The smallest absolute Gasteiger partial charge is 0.0991 e. The van der Waals surface area contributed by atoms with Gasteiger partial charge in [0.25, 0.3) is 0 Å². The van der Waals surface area contributed by atoms with Crippen molar-refractivity contribution in [2.75, 3.05) is 9.80 Å². The van der Waals surface area contributed by atoms with Gasteiger partial charge < -0.3 is 18.9 Å². The normalized spacial score (nSPS) is 11.5. The van der Waals surface area contributed by atoms with Crippen molar-refractivity contribution in [3.8, 4) is 23.5 Å². The fourth-order valence-corrected chi connectivity index (χ4v) is 9.05. The molecule has 11 aromatic rings. The third-order valence-corrected chi connectivity index (χ3v) is 12.2. The molecule has 6 heteroatoms. The van der Waals surface area contributed by atoms with Crippen molar-refractivity contribution in [3.63, 3.8) is 0 Å². The van der Waals surface area contributed by atoms with Crippen LogP contribution in [0, 0.1) is 22.7 Å². The number of hydrogen-bond donors (Lipinski definition) is 0. The van der Waals surface area contributed by atoms with E-state index in [1.54, 1.807) is 0 Å². The van der Waals surface area contributed by atoms with Crippen LogP contribution in [-0.4, -0.2) is 9.13 Å². The second kappa shape index (κ2) is 17.1. The Morgan fingerprint density at radius 1 is 0.333 bits per heavy atom. The van der Waals surface area contributed by atoms with Crippen molar-refractivity contribution in [3.05, 3.63) is 253 Å². The summed E-state index contributed by atoms with van der Waals surface area (Å²) in [5.74, 6) is 0. The molecule has 11 rings (SSSR count). The molecule has 0 saturated carbocycles. The van der Waals surface area contributed by atoms with Crippen molar-refractivity contribution in [1.29, 1.82) is 10.5 Å². The van der Waals surface area contributed by atoms with Crippen LogP contribution in [0.1, 0.15) is 22.3 Å². The number of benzene rings is 9. The molecule has 0 atom stereocenters. The zero-order valence-electron chi connectivity index (χ0n) is 35.8. The number of hydrogen-bond acceptors (Lipinski definition) is 4. The minimum atomic E-state index is 0.630. The van der Waals surface area contributed by atoms with Crippen LogP contribution in [0.5, 0.6) is 0 Å². The third kappa shape index (κ3) is 7.31. The molecule has 0 radical (unpaired) electrons. The molecule has 9 aromatic carbocycles. The SMILES string of the molecule is N#Cc1ccc(N(/C=C/c2ccc3c(c2)c2ccccc2n3-c2cccc(-n3c4ccccc4c4cc(/C=C/N(c5ccccc5)c5ccc(C#N)cc5)ccc43)c2)c2ccccc2)cc1. The molecule has 0 N–H and O–H groups in total. The summed E-state index contributed by atoms with van der Waals surface area (Å²) in [4.78, 5) is 4.29. The Kier molecular flexibility index (Phi) is 10.2. The predicted molar refractivity (Wildman–Crippen MR) is 273 cm³/mol. The Labute approximate surface area is 382 Å². The Hall–Kier alpha value is -9.36. The second-order valence-corrected chi connectivity index (χ2v) is 16.1. The van der Waals surface area contributed by atoms with Gasteiger partial charge in [-0.2, -0.15) is 10.5 Å². The minimum absolute atomic E-state index is 0.630. The first-order valence-electron chi connectivity index (χ1n) is 21.9. The first-order valence-corrected chi connectivity index (χ1v) is 21.9. The topological polar surface area (TPSA) is 63.9 Å². The van der Waals surface area contributed by atoms with Crippen molar-refractivity contribution in [2.45, 2.75) is 0 Å². The highest BCUT2D eigenvalue weighted by molar-refractivity contribution is 6.11. The standard InChI is InChI=1S/C60H40N6/c61-41-45-22-28-49(29-23-45)63(47-12-3-1-4-13-47)36-34-43-26-32-59-55(38-43)53-18-7-9-20-57(53)65(59)51-16-11-17-52(40-51)66-58-21-10-8-19-54(58)56-39-44(27-33-60(56)66)35-37-64(48-14-5-2-6-15-48)50-30-24-46(42-62)25-31-50/h1-40H/b36-34+,37-35+. The molecule has 0 aliphatic heterocycles. The Morgan fingerprint density at radius 3 is 1.14 bits per heavy atom. The van der Waals surface area contributed by atoms with Gasteiger partial charge in [0.2, 0.25) is 0 Å². The van der Waals surface area contributed by atoms with E-state index in [1.165, 1.54) is 21.5 Å². The maximum Gasteiger partial charge on any atom is 0.0991 e. The van der Waals surface area contributed by atoms with Gasteiger partial charge in [-0.05, 0) is 151 Å². The van der Waals surface area contributed by atoms with E-state index >= 15 is 0 Å². The number of aromatic nitrogens is 2. The number of fused-ring (bicyclic) bond motifs is 6. The molecule has 0 fully saturated rings. The highest BCUT2D eigenvalue weighted by Crippen LogP contribution is 2.37. The summed E-state index contributed by atoms with van der Waals surface area (Å²) in [5, 5.41) is 23.5. The fourth-order valence-electron chi connectivity index (χ4n) is 9.05. The molecule has 2 aromatic heterocycles. The Balaban J connectivity index is 0.967. The third-order valence-electron chi connectivity index (χ3n) is 12.2. The zero-order chi connectivity index (χ0) is 44.4. The lowest BCUT2D eigenvalue weighted by atomic mass is 10.1. The number of anilines is 4. The van der Waals surface area contributed by atoms with Crippen LogP contribution >= 0.6 is 0 Å². The van der Waals surface area contributed by atoms with Gasteiger partial charge in [-0.1, -0.05) is 91.0 Å². The lowest BCUT2D eigenvalue weighted by molar-refractivity contribution is 1.13. The molecule has 0 bridgehead atoms. The molecular formula is C60H40N6. The average molecular weight is 845 g/mol. The van der Waals surface area contributed by atoms with Crippen LogP contribution in [0.3, 0.4) is 0 Å². The van der Waals surface area contributed by atoms with Crippen LogP contribution in [0.15, 0.2) is 231 Å². The van der Waals surface area contributed by atoms with E-state index in [0.717, 1.165) is 67.3 Å². The van der Waals surface area contributed by atoms with Crippen molar-refractivity contribution in [2.24, 2.45) is 0 Å². The fraction of sp³-hybridized carbons (Fsp3) is 0.